The third kappa shape index (κ3) is 4.48. The van der Waals surface area contributed by atoms with Crippen molar-refractivity contribution in [1.29, 1.82) is 0 Å². The topological polar surface area (TPSA) is 102 Å². The number of amides is 3. The van der Waals surface area contributed by atoms with Crippen molar-refractivity contribution in [3.63, 3.8) is 0 Å². The van der Waals surface area contributed by atoms with Crippen LogP contribution in [0.3, 0.4) is 0 Å². The standard InChI is InChI=1S/C25H32N2O6/c1-4-24(2,3)18-7-10-25(11-8-18)22(30)27(23(31)26-25)14-21(29)33-15-19(28)16-5-6-20-17(13-16)9-12-32-20/h5-6,13,18H,4,7-12,14-15H2,1-3H3,(H,26,31). The Morgan fingerprint density at radius 2 is 1.97 bits per heavy atom. The maximum absolute atomic E-state index is 13.1. The Balaban J connectivity index is 1.31. The molecule has 0 aromatic heterocycles. The molecule has 1 aliphatic carbocycles. The highest BCUT2D eigenvalue weighted by atomic mass is 16.5. The molecular weight excluding hydrogens is 424 g/mol. The number of urea groups is 1. The first-order valence-corrected chi connectivity index (χ1v) is 11.7. The smallest absolute Gasteiger partial charge is 0.326 e. The van der Waals surface area contributed by atoms with Crippen LogP contribution in [0, 0.1) is 11.3 Å². The minimum absolute atomic E-state index is 0.190. The fraction of sp³-hybridized carbons (Fsp3) is 0.600. The molecule has 1 aromatic carbocycles. The molecule has 33 heavy (non-hydrogen) atoms. The molecule has 0 bridgehead atoms. The molecule has 2 fully saturated rings. The molecule has 178 valence electrons. The summed E-state index contributed by atoms with van der Waals surface area (Å²) >= 11 is 0. The molecule has 1 N–H and O–H groups in total. The number of nitrogens with one attached hydrogen (secondary N) is 1. The maximum atomic E-state index is 13.1. The lowest BCUT2D eigenvalue weighted by Crippen LogP contribution is -2.51. The predicted octanol–water partition coefficient (Wildman–Crippen LogP) is 3.26. The monoisotopic (exact) mass is 456 g/mol. The van der Waals surface area contributed by atoms with Gasteiger partial charge >= 0.3 is 12.0 Å². The molecule has 8 heteroatoms. The third-order valence-electron chi connectivity index (χ3n) is 7.76. The quantitative estimate of drug-likeness (QED) is 0.384. The van der Waals surface area contributed by atoms with Crippen molar-refractivity contribution >= 4 is 23.7 Å². The second-order valence-electron chi connectivity index (χ2n) is 10.0. The molecule has 2 heterocycles. The zero-order valence-corrected chi connectivity index (χ0v) is 19.6. The molecule has 2 aliphatic heterocycles. The number of fused-ring (bicyclic) bond motifs is 1. The minimum atomic E-state index is -0.931. The van der Waals surface area contributed by atoms with E-state index in [-0.39, 0.29) is 17.1 Å². The normalized spacial score (nSPS) is 24.5. The highest BCUT2D eigenvalue weighted by Crippen LogP contribution is 2.45. The van der Waals surface area contributed by atoms with Crippen LogP contribution < -0.4 is 10.1 Å². The maximum Gasteiger partial charge on any atom is 0.326 e. The summed E-state index contributed by atoms with van der Waals surface area (Å²) in [5, 5.41) is 2.83. The van der Waals surface area contributed by atoms with Crippen LogP contribution in [0.15, 0.2) is 18.2 Å². The number of carbonyl (C=O) groups excluding carboxylic acids is 4. The van der Waals surface area contributed by atoms with Gasteiger partial charge in [-0.2, -0.15) is 0 Å². The molecular formula is C25H32N2O6. The lowest BCUT2D eigenvalue weighted by molar-refractivity contribution is -0.147. The van der Waals surface area contributed by atoms with Gasteiger partial charge in [0.2, 0.25) is 0 Å². The molecule has 0 unspecified atom stereocenters. The second-order valence-corrected chi connectivity index (χ2v) is 10.0. The van der Waals surface area contributed by atoms with Gasteiger partial charge in [0.15, 0.2) is 12.4 Å². The van der Waals surface area contributed by atoms with Gasteiger partial charge < -0.3 is 14.8 Å². The van der Waals surface area contributed by atoms with Gasteiger partial charge in [-0.3, -0.25) is 19.3 Å². The van der Waals surface area contributed by atoms with Crippen molar-refractivity contribution in [3.8, 4) is 5.75 Å². The number of hydrogen-bond acceptors (Lipinski definition) is 6. The Morgan fingerprint density at radius 3 is 2.67 bits per heavy atom. The van der Waals surface area contributed by atoms with Gasteiger partial charge in [0.05, 0.1) is 6.61 Å². The largest absolute Gasteiger partial charge is 0.493 e. The number of ether oxygens (including phenoxy) is 2. The van der Waals surface area contributed by atoms with Gasteiger partial charge in [0.1, 0.15) is 17.8 Å². The van der Waals surface area contributed by atoms with Crippen LogP contribution >= 0.6 is 0 Å². The number of rotatable bonds is 7. The van der Waals surface area contributed by atoms with Gasteiger partial charge in [-0.25, -0.2) is 4.79 Å². The van der Waals surface area contributed by atoms with Crippen LogP contribution in [-0.4, -0.2) is 53.9 Å². The fourth-order valence-electron chi connectivity index (χ4n) is 5.10. The number of benzene rings is 1. The van der Waals surface area contributed by atoms with Crippen molar-refractivity contribution in [2.24, 2.45) is 11.3 Å². The fourth-order valence-corrected chi connectivity index (χ4v) is 5.10. The molecule has 1 saturated heterocycles. The van der Waals surface area contributed by atoms with Crippen molar-refractivity contribution in [1.82, 2.24) is 10.2 Å². The van der Waals surface area contributed by atoms with E-state index in [9.17, 15) is 19.2 Å². The van der Waals surface area contributed by atoms with Crippen LogP contribution in [-0.2, 0) is 20.7 Å². The first kappa shape index (κ1) is 23.3. The Morgan fingerprint density at radius 1 is 1.24 bits per heavy atom. The van der Waals surface area contributed by atoms with Crippen LogP contribution in [0.2, 0.25) is 0 Å². The molecule has 4 rings (SSSR count). The van der Waals surface area contributed by atoms with Gasteiger partial charge in [0.25, 0.3) is 5.91 Å². The van der Waals surface area contributed by atoms with E-state index in [1.165, 1.54) is 0 Å². The minimum Gasteiger partial charge on any atom is -0.493 e. The van der Waals surface area contributed by atoms with E-state index < -0.39 is 30.7 Å². The summed E-state index contributed by atoms with van der Waals surface area (Å²) in [6, 6.07) is 4.55. The Hall–Kier alpha value is -2.90. The zero-order chi connectivity index (χ0) is 23.8. The van der Waals surface area contributed by atoms with E-state index in [1.54, 1.807) is 18.2 Å². The lowest BCUT2D eigenvalue weighted by Gasteiger charge is -2.42. The summed E-state index contributed by atoms with van der Waals surface area (Å²) in [7, 11) is 0. The average molecular weight is 457 g/mol. The Bertz CT molecular complexity index is 977. The number of Topliss-reactive ketones (excluding diaryl/α,β-unsaturated/α-hetero) is 1. The van der Waals surface area contributed by atoms with Gasteiger partial charge in [-0.15, -0.1) is 0 Å². The predicted molar refractivity (Wildman–Crippen MR) is 120 cm³/mol. The van der Waals surface area contributed by atoms with E-state index >= 15 is 0 Å². The molecule has 1 saturated carbocycles. The summed E-state index contributed by atoms with van der Waals surface area (Å²) in [4.78, 5) is 51.3. The van der Waals surface area contributed by atoms with Crippen LogP contribution in [0.4, 0.5) is 4.79 Å². The van der Waals surface area contributed by atoms with E-state index in [4.69, 9.17) is 9.47 Å². The number of imide groups is 1. The number of carbonyl (C=O) groups is 4. The first-order chi connectivity index (χ1) is 15.6. The Labute approximate surface area is 194 Å². The summed E-state index contributed by atoms with van der Waals surface area (Å²) in [5.74, 6) is -0.239. The lowest BCUT2D eigenvalue weighted by atomic mass is 9.65. The average Bonchev–Trinajstić information content (AvgIpc) is 3.36. The molecule has 1 spiro atoms. The molecule has 3 amide bonds. The van der Waals surface area contributed by atoms with Gasteiger partial charge in [-0.1, -0.05) is 27.2 Å². The number of ketones is 1. The SMILES string of the molecule is CCC(C)(C)C1CCC2(CC1)NC(=O)N(CC(=O)OCC(=O)c1ccc3c(c1)CCO3)C2=O. The summed E-state index contributed by atoms with van der Waals surface area (Å²) in [6.07, 6.45) is 4.63. The van der Waals surface area contributed by atoms with Crippen molar-refractivity contribution in [2.45, 2.75) is 64.8 Å². The number of esters is 1. The van der Waals surface area contributed by atoms with Crippen molar-refractivity contribution < 1.29 is 28.7 Å². The Kier molecular flexibility index (Phi) is 6.20. The van der Waals surface area contributed by atoms with Crippen LogP contribution in [0.5, 0.6) is 5.75 Å². The third-order valence-corrected chi connectivity index (χ3v) is 7.76. The number of hydrogen-bond donors (Lipinski definition) is 1. The van der Waals surface area contributed by atoms with E-state index in [0.717, 1.165) is 41.9 Å². The van der Waals surface area contributed by atoms with Gasteiger partial charge in [-0.05, 0) is 60.8 Å². The molecule has 0 atom stereocenters. The van der Waals surface area contributed by atoms with Crippen LogP contribution in [0.1, 0.15) is 68.8 Å². The molecule has 0 radical (unpaired) electrons. The number of nitrogens with zero attached hydrogens (tertiary/aromatic N) is 1. The molecule has 1 aromatic rings. The van der Waals surface area contributed by atoms with Crippen LogP contribution in [0.25, 0.3) is 0 Å². The summed E-state index contributed by atoms with van der Waals surface area (Å²) in [5.41, 5.74) is 0.649. The van der Waals surface area contributed by atoms with Gasteiger partial charge in [0, 0.05) is 12.0 Å². The first-order valence-electron chi connectivity index (χ1n) is 11.7. The van der Waals surface area contributed by atoms with Crippen molar-refractivity contribution in [2.75, 3.05) is 19.8 Å². The summed E-state index contributed by atoms with van der Waals surface area (Å²) in [6.45, 7) is 6.30. The zero-order valence-electron chi connectivity index (χ0n) is 19.6. The van der Waals surface area contributed by atoms with Crippen molar-refractivity contribution in [3.05, 3.63) is 29.3 Å². The van der Waals surface area contributed by atoms with E-state index in [0.29, 0.717) is 30.9 Å². The highest BCUT2D eigenvalue weighted by Gasteiger charge is 2.53. The van der Waals surface area contributed by atoms with E-state index in [1.807, 2.05) is 0 Å². The summed E-state index contributed by atoms with van der Waals surface area (Å²) < 4.78 is 10.5. The molecule has 3 aliphatic rings. The second kappa shape index (κ2) is 8.80. The molecule has 8 nitrogen and oxygen atoms in total. The van der Waals surface area contributed by atoms with E-state index in [2.05, 4.69) is 26.1 Å². The highest BCUT2D eigenvalue weighted by molar-refractivity contribution is 6.09.